The van der Waals surface area contributed by atoms with Crippen molar-refractivity contribution in [3.05, 3.63) is 70.1 Å². The lowest BCUT2D eigenvalue weighted by Gasteiger charge is -2.18. The second-order valence-corrected chi connectivity index (χ2v) is 7.47. The molecule has 0 atom stereocenters. The number of amides is 1. The van der Waals surface area contributed by atoms with Crippen LogP contribution in [0.3, 0.4) is 0 Å². The Kier molecular flexibility index (Phi) is 5.09. The lowest BCUT2D eigenvalue weighted by atomic mass is 10.0. The fourth-order valence-corrected chi connectivity index (χ4v) is 3.79. The van der Waals surface area contributed by atoms with Gasteiger partial charge in [-0.15, -0.1) is 0 Å². The third-order valence-corrected chi connectivity index (χ3v) is 5.60. The highest BCUT2D eigenvalue weighted by molar-refractivity contribution is 5.84. The average Bonchev–Trinajstić information content (AvgIpc) is 3.54. The van der Waals surface area contributed by atoms with Crippen molar-refractivity contribution in [3.8, 4) is 5.75 Å². The molecule has 0 unspecified atom stereocenters. The van der Waals surface area contributed by atoms with Crippen LogP contribution in [0.15, 0.2) is 53.3 Å². The van der Waals surface area contributed by atoms with E-state index >= 15 is 0 Å². The highest BCUT2D eigenvalue weighted by Gasteiger charge is 2.45. The van der Waals surface area contributed by atoms with Gasteiger partial charge in [0.15, 0.2) is 0 Å². The number of methoxy groups -OCH3 is 1. The fourth-order valence-electron chi connectivity index (χ4n) is 3.79. The first-order valence-corrected chi connectivity index (χ1v) is 10.0. The highest BCUT2D eigenvalue weighted by atomic mass is 16.5. The van der Waals surface area contributed by atoms with Gasteiger partial charge in [0.2, 0.25) is 5.91 Å². The number of rotatable bonds is 7. The van der Waals surface area contributed by atoms with Crippen molar-refractivity contribution in [1.82, 2.24) is 15.1 Å². The van der Waals surface area contributed by atoms with Crippen LogP contribution in [0.1, 0.15) is 37.4 Å². The summed E-state index contributed by atoms with van der Waals surface area (Å²) in [5, 5.41) is 9.17. The van der Waals surface area contributed by atoms with Crippen LogP contribution in [0, 0.1) is 0 Å². The molecular weight excluding hydrogens is 366 g/mol. The Morgan fingerprint density at radius 3 is 2.45 bits per heavy atom. The number of hydrogen-bond donors (Lipinski definition) is 1. The van der Waals surface area contributed by atoms with Gasteiger partial charge in [0.05, 0.1) is 23.7 Å². The summed E-state index contributed by atoms with van der Waals surface area (Å²) in [5.74, 6) is 0.804. The van der Waals surface area contributed by atoms with Crippen molar-refractivity contribution in [2.45, 2.75) is 44.7 Å². The van der Waals surface area contributed by atoms with Gasteiger partial charge in [-0.2, -0.15) is 5.10 Å². The molecule has 1 heterocycles. The topological polar surface area (TPSA) is 73.2 Å². The van der Waals surface area contributed by atoms with Crippen molar-refractivity contribution < 1.29 is 9.53 Å². The normalized spacial score (nSPS) is 14.6. The van der Waals surface area contributed by atoms with Crippen LogP contribution in [0.5, 0.6) is 5.75 Å². The Morgan fingerprint density at radius 1 is 1.14 bits per heavy atom. The van der Waals surface area contributed by atoms with Gasteiger partial charge in [0.1, 0.15) is 5.75 Å². The molecule has 2 aromatic carbocycles. The molecule has 1 amide bonds. The minimum Gasteiger partial charge on any atom is -0.497 e. The molecular formula is C23H25N3O3. The smallest absolute Gasteiger partial charge is 0.274 e. The summed E-state index contributed by atoms with van der Waals surface area (Å²) < 4.78 is 6.68. The molecule has 1 fully saturated rings. The Labute approximate surface area is 169 Å². The van der Waals surface area contributed by atoms with Gasteiger partial charge in [-0.05, 0) is 43.5 Å². The summed E-state index contributed by atoms with van der Waals surface area (Å²) in [6, 6.07) is 15.3. The van der Waals surface area contributed by atoms with E-state index in [4.69, 9.17) is 4.74 Å². The van der Waals surface area contributed by atoms with Crippen LogP contribution < -0.4 is 15.6 Å². The second kappa shape index (κ2) is 7.70. The van der Waals surface area contributed by atoms with E-state index in [2.05, 4.69) is 10.4 Å². The largest absolute Gasteiger partial charge is 0.497 e. The Morgan fingerprint density at radius 2 is 1.83 bits per heavy atom. The van der Waals surface area contributed by atoms with Crippen LogP contribution in [-0.2, 0) is 23.3 Å². The maximum atomic E-state index is 12.7. The third-order valence-electron chi connectivity index (χ3n) is 5.60. The third kappa shape index (κ3) is 3.75. The van der Waals surface area contributed by atoms with Crippen LogP contribution >= 0.6 is 0 Å². The molecule has 150 valence electrons. The molecule has 0 bridgehead atoms. The summed E-state index contributed by atoms with van der Waals surface area (Å²) >= 11 is 0. The maximum absolute atomic E-state index is 12.7. The molecule has 4 rings (SSSR count). The lowest BCUT2D eigenvalue weighted by Crippen LogP contribution is -2.35. The molecule has 0 saturated heterocycles. The molecule has 6 nitrogen and oxygen atoms in total. The number of fused-ring (bicyclic) bond motifs is 1. The summed E-state index contributed by atoms with van der Waals surface area (Å²) in [6.07, 6.45) is 2.70. The quantitative estimate of drug-likeness (QED) is 0.671. The predicted octanol–water partition coefficient (Wildman–Crippen LogP) is 3.16. The van der Waals surface area contributed by atoms with E-state index in [0.717, 1.165) is 35.2 Å². The molecule has 1 saturated carbocycles. The summed E-state index contributed by atoms with van der Waals surface area (Å²) in [5.41, 5.74) is 1.54. The van der Waals surface area contributed by atoms with Crippen LogP contribution in [0.25, 0.3) is 10.8 Å². The van der Waals surface area contributed by atoms with E-state index in [1.54, 1.807) is 7.11 Å². The van der Waals surface area contributed by atoms with Gasteiger partial charge >= 0.3 is 0 Å². The molecule has 1 N–H and O–H groups in total. The zero-order valence-electron chi connectivity index (χ0n) is 16.8. The summed E-state index contributed by atoms with van der Waals surface area (Å²) in [7, 11) is 1.64. The highest BCUT2D eigenvalue weighted by Crippen LogP contribution is 2.45. The standard InChI is InChI=1S/C23H25N3O3/c1-3-26-22(28)19-7-5-4-6-18(19)20(25-26)12-13-21(27)24-23(14-15-23)16-8-10-17(29-2)11-9-16/h4-11H,3,12-15H2,1-2H3,(H,24,27). The van der Waals surface area contributed by atoms with E-state index in [9.17, 15) is 9.59 Å². The van der Waals surface area contributed by atoms with Gasteiger partial charge in [0.25, 0.3) is 5.56 Å². The van der Waals surface area contributed by atoms with E-state index in [0.29, 0.717) is 24.8 Å². The number of nitrogens with one attached hydrogen (secondary N) is 1. The average molecular weight is 391 g/mol. The van der Waals surface area contributed by atoms with E-state index < -0.39 is 0 Å². The van der Waals surface area contributed by atoms with E-state index in [-0.39, 0.29) is 17.0 Å². The molecule has 1 aliphatic rings. The first kappa shape index (κ1) is 19.2. The van der Waals surface area contributed by atoms with Gasteiger partial charge < -0.3 is 10.1 Å². The molecule has 0 spiro atoms. The van der Waals surface area contributed by atoms with Gasteiger partial charge in [0, 0.05) is 24.8 Å². The lowest BCUT2D eigenvalue weighted by molar-refractivity contribution is -0.122. The molecule has 1 aromatic heterocycles. The molecule has 29 heavy (non-hydrogen) atoms. The van der Waals surface area contributed by atoms with Crippen LogP contribution in [-0.4, -0.2) is 22.8 Å². The molecule has 6 heteroatoms. The molecule has 0 aliphatic heterocycles. The Hall–Kier alpha value is -3.15. The van der Waals surface area contributed by atoms with Crippen LogP contribution in [0.4, 0.5) is 0 Å². The molecule has 3 aromatic rings. The number of hydrogen-bond acceptors (Lipinski definition) is 4. The predicted molar refractivity (Wildman–Crippen MR) is 112 cm³/mol. The number of benzene rings is 2. The summed E-state index contributed by atoms with van der Waals surface area (Å²) in [4.78, 5) is 25.2. The van der Waals surface area contributed by atoms with E-state index in [1.165, 1.54) is 4.68 Å². The zero-order valence-corrected chi connectivity index (χ0v) is 16.8. The number of aryl methyl sites for hydroxylation is 2. The minimum absolute atomic E-state index is 0.00144. The van der Waals surface area contributed by atoms with Crippen LogP contribution in [0.2, 0.25) is 0 Å². The van der Waals surface area contributed by atoms with Crippen molar-refractivity contribution in [3.63, 3.8) is 0 Å². The number of aromatic nitrogens is 2. The van der Waals surface area contributed by atoms with Crippen molar-refractivity contribution in [2.24, 2.45) is 0 Å². The Bertz CT molecular complexity index is 1100. The van der Waals surface area contributed by atoms with Gasteiger partial charge in [-0.1, -0.05) is 30.3 Å². The first-order chi connectivity index (χ1) is 14.1. The fraction of sp³-hybridized carbons (Fsp3) is 0.348. The molecule has 0 radical (unpaired) electrons. The zero-order chi connectivity index (χ0) is 20.4. The second-order valence-electron chi connectivity index (χ2n) is 7.47. The monoisotopic (exact) mass is 391 g/mol. The number of nitrogens with zero attached hydrogens (tertiary/aromatic N) is 2. The SMILES string of the molecule is CCn1nc(CCC(=O)NC2(c3ccc(OC)cc3)CC2)c2ccccc2c1=O. The molecule has 1 aliphatic carbocycles. The van der Waals surface area contributed by atoms with E-state index in [1.807, 2.05) is 55.5 Å². The number of carbonyl (C=O) groups is 1. The summed E-state index contributed by atoms with van der Waals surface area (Å²) in [6.45, 7) is 2.40. The maximum Gasteiger partial charge on any atom is 0.274 e. The number of carbonyl (C=O) groups excluding carboxylic acids is 1. The van der Waals surface area contributed by atoms with Crippen molar-refractivity contribution >= 4 is 16.7 Å². The van der Waals surface area contributed by atoms with Gasteiger partial charge in [-0.25, -0.2) is 4.68 Å². The minimum atomic E-state index is -0.263. The Balaban J connectivity index is 1.49. The van der Waals surface area contributed by atoms with Crippen molar-refractivity contribution in [2.75, 3.05) is 7.11 Å². The van der Waals surface area contributed by atoms with Gasteiger partial charge in [-0.3, -0.25) is 9.59 Å². The first-order valence-electron chi connectivity index (χ1n) is 10.0. The van der Waals surface area contributed by atoms with Crippen molar-refractivity contribution in [1.29, 1.82) is 0 Å². The number of ether oxygens (including phenoxy) is 1.